The van der Waals surface area contributed by atoms with Gasteiger partial charge in [0, 0.05) is 17.7 Å². The largest absolute Gasteiger partial charge is 0.455 e. The fourth-order valence-electron chi connectivity index (χ4n) is 7.05. The van der Waals surface area contributed by atoms with Crippen molar-refractivity contribution < 1.29 is 34.0 Å². The van der Waals surface area contributed by atoms with E-state index >= 15 is 0 Å². The molecule has 220 valence electrons. The quantitative estimate of drug-likeness (QED) is 0.326. The van der Waals surface area contributed by atoms with E-state index in [1.54, 1.807) is 13.8 Å². The minimum atomic E-state index is -1.97. The topological polar surface area (TPSA) is 106 Å². The molecule has 0 radical (unpaired) electrons. The molecule has 0 saturated carbocycles. The van der Waals surface area contributed by atoms with Crippen molar-refractivity contribution in [2.75, 3.05) is 19.9 Å². The molecule has 8 nitrogen and oxygen atoms in total. The van der Waals surface area contributed by atoms with Crippen molar-refractivity contribution in [1.29, 1.82) is 0 Å². The molecule has 3 heterocycles. The molecule has 9 heteroatoms. The van der Waals surface area contributed by atoms with E-state index in [2.05, 4.69) is 23.1 Å². The van der Waals surface area contributed by atoms with Gasteiger partial charge in [-0.3, -0.25) is 9.69 Å². The number of aliphatic hydroxyl groups is 2. The van der Waals surface area contributed by atoms with E-state index in [1.807, 2.05) is 20.8 Å². The van der Waals surface area contributed by atoms with Crippen molar-refractivity contribution in [3.63, 3.8) is 0 Å². The smallest absolute Gasteiger partial charge is 0.339 e. The molecule has 0 aromatic heterocycles. The van der Waals surface area contributed by atoms with Crippen LogP contribution in [0.2, 0.25) is 0 Å². The highest BCUT2D eigenvalue weighted by atomic mass is 32.2. The van der Waals surface area contributed by atoms with Crippen LogP contribution in [0, 0.1) is 0 Å². The van der Waals surface area contributed by atoms with Gasteiger partial charge in [0.15, 0.2) is 22.2 Å². The third-order valence-corrected chi connectivity index (χ3v) is 9.66. The number of ether oxygens (including phenoxy) is 3. The second-order valence-corrected chi connectivity index (χ2v) is 14.5. The SMILES string of the molecule is CC1=CC23CCCN2CCc2cc4c(cc2C3[C@H]1OC(=O)C(O)(CCCC(C)(C)O)CC(=O)SC(C)C)OCO4. The lowest BCUT2D eigenvalue weighted by molar-refractivity contribution is -0.173. The highest BCUT2D eigenvalue weighted by Gasteiger charge is 2.57. The fourth-order valence-corrected chi connectivity index (χ4v) is 7.89. The number of rotatable bonds is 9. The molecule has 1 fully saturated rings. The molecule has 40 heavy (non-hydrogen) atoms. The Morgan fingerprint density at radius 1 is 1.18 bits per heavy atom. The Balaban J connectivity index is 1.47. The first-order chi connectivity index (χ1) is 18.8. The van der Waals surface area contributed by atoms with Crippen molar-refractivity contribution in [3.05, 3.63) is 34.9 Å². The Hall–Kier alpha value is -2.07. The molecule has 1 saturated heterocycles. The van der Waals surface area contributed by atoms with Gasteiger partial charge in [0.1, 0.15) is 6.10 Å². The lowest BCUT2D eigenvalue weighted by atomic mass is 9.77. The summed E-state index contributed by atoms with van der Waals surface area (Å²) in [7, 11) is 0. The van der Waals surface area contributed by atoms with Gasteiger partial charge in [0.25, 0.3) is 0 Å². The lowest BCUT2D eigenvalue weighted by Crippen LogP contribution is -2.49. The van der Waals surface area contributed by atoms with Crippen LogP contribution in [0.4, 0.5) is 0 Å². The first-order valence-corrected chi connectivity index (χ1v) is 15.4. The van der Waals surface area contributed by atoms with Gasteiger partial charge in [-0.15, -0.1) is 0 Å². The summed E-state index contributed by atoms with van der Waals surface area (Å²) in [6, 6.07) is 4.12. The van der Waals surface area contributed by atoms with Crippen LogP contribution in [0.3, 0.4) is 0 Å². The third-order valence-electron chi connectivity index (χ3n) is 8.78. The summed E-state index contributed by atoms with van der Waals surface area (Å²) in [5.41, 5.74) is 0.0138. The highest BCUT2D eigenvalue weighted by molar-refractivity contribution is 8.14. The van der Waals surface area contributed by atoms with Gasteiger partial charge in [-0.05, 0) is 94.7 Å². The molecule has 5 rings (SSSR count). The molecular weight excluding hydrogens is 530 g/mol. The van der Waals surface area contributed by atoms with Gasteiger partial charge in [0.2, 0.25) is 6.79 Å². The van der Waals surface area contributed by atoms with E-state index in [9.17, 15) is 19.8 Å². The summed E-state index contributed by atoms with van der Waals surface area (Å²) in [5, 5.41) is 21.7. The minimum absolute atomic E-state index is 0.0346. The third kappa shape index (κ3) is 5.67. The first-order valence-electron chi connectivity index (χ1n) is 14.5. The molecule has 1 aromatic carbocycles. The van der Waals surface area contributed by atoms with Crippen molar-refractivity contribution in [2.45, 2.75) is 114 Å². The van der Waals surface area contributed by atoms with Gasteiger partial charge in [-0.25, -0.2) is 4.79 Å². The average molecular weight is 574 g/mol. The van der Waals surface area contributed by atoms with Crippen LogP contribution in [0.15, 0.2) is 23.8 Å². The van der Waals surface area contributed by atoms with Crippen LogP contribution < -0.4 is 9.47 Å². The van der Waals surface area contributed by atoms with Crippen molar-refractivity contribution >= 4 is 22.8 Å². The van der Waals surface area contributed by atoms with Crippen LogP contribution in [0.1, 0.15) is 90.2 Å². The molecule has 4 atom stereocenters. The summed E-state index contributed by atoms with van der Waals surface area (Å²) in [6.45, 7) is 11.3. The lowest BCUT2D eigenvalue weighted by Gasteiger charge is -2.40. The number of hydrogen-bond donors (Lipinski definition) is 2. The van der Waals surface area contributed by atoms with Gasteiger partial charge >= 0.3 is 5.97 Å². The fraction of sp³-hybridized carbons (Fsp3) is 0.677. The highest BCUT2D eigenvalue weighted by Crippen LogP contribution is 2.55. The molecule has 2 N–H and O–H groups in total. The van der Waals surface area contributed by atoms with E-state index in [4.69, 9.17) is 14.2 Å². The van der Waals surface area contributed by atoms with Gasteiger partial charge in [-0.2, -0.15) is 0 Å². The number of esters is 1. The van der Waals surface area contributed by atoms with Crippen LogP contribution in [-0.4, -0.2) is 74.2 Å². The summed E-state index contributed by atoms with van der Waals surface area (Å²) in [5.74, 6) is 0.516. The Labute approximate surface area is 241 Å². The predicted molar refractivity (Wildman–Crippen MR) is 154 cm³/mol. The Bertz CT molecular complexity index is 1190. The number of nitrogens with zero attached hydrogens (tertiary/aromatic N) is 1. The maximum Gasteiger partial charge on any atom is 0.339 e. The molecule has 1 spiro atoms. The van der Waals surface area contributed by atoms with Crippen LogP contribution >= 0.6 is 11.8 Å². The maximum absolute atomic E-state index is 13.9. The number of fused-ring (bicyclic) bond motifs is 3. The minimum Gasteiger partial charge on any atom is -0.455 e. The van der Waals surface area contributed by atoms with Crippen molar-refractivity contribution in [2.24, 2.45) is 0 Å². The van der Waals surface area contributed by atoms with Crippen molar-refractivity contribution in [3.8, 4) is 11.5 Å². The Morgan fingerprint density at radius 2 is 1.90 bits per heavy atom. The molecule has 0 amide bonds. The zero-order valence-electron chi connectivity index (χ0n) is 24.3. The molecular formula is C31H43NO7S. The average Bonchev–Trinajstić information content (AvgIpc) is 3.51. The zero-order valence-corrected chi connectivity index (χ0v) is 25.1. The zero-order chi connectivity index (χ0) is 28.9. The Kier molecular flexibility index (Phi) is 8.07. The molecule has 3 aliphatic heterocycles. The molecule has 1 aromatic rings. The summed E-state index contributed by atoms with van der Waals surface area (Å²) < 4.78 is 17.7. The molecule has 0 bridgehead atoms. The number of carbonyl (C=O) groups is 2. The number of thioether (sulfide) groups is 1. The molecule has 1 aliphatic carbocycles. The van der Waals surface area contributed by atoms with Crippen LogP contribution in [-0.2, 0) is 20.7 Å². The Morgan fingerprint density at radius 3 is 2.60 bits per heavy atom. The molecule has 4 aliphatic rings. The number of carbonyl (C=O) groups excluding carboxylic acids is 2. The van der Waals surface area contributed by atoms with Gasteiger partial charge in [-0.1, -0.05) is 31.7 Å². The monoisotopic (exact) mass is 573 g/mol. The van der Waals surface area contributed by atoms with Crippen molar-refractivity contribution in [1.82, 2.24) is 4.90 Å². The van der Waals surface area contributed by atoms with Gasteiger partial charge < -0.3 is 24.4 Å². The first kappa shape index (κ1) is 29.4. The second kappa shape index (κ2) is 11.0. The van der Waals surface area contributed by atoms with E-state index < -0.39 is 23.3 Å². The second-order valence-electron chi connectivity index (χ2n) is 12.8. The van der Waals surface area contributed by atoms with Crippen LogP contribution in [0.25, 0.3) is 0 Å². The predicted octanol–water partition coefficient (Wildman–Crippen LogP) is 4.49. The van der Waals surface area contributed by atoms with E-state index in [0.29, 0.717) is 18.6 Å². The molecule has 3 unspecified atom stereocenters. The van der Waals surface area contributed by atoms with E-state index in [1.165, 1.54) is 0 Å². The van der Waals surface area contributed by atoms with E-state index in [-0.39, 0.29) is 41.5 Å². The number of hydrogen-bond acceptors (Lipinski definition) is 9. The van der Waals surface area contributed by atoms with Crippen LogP contribution in [0.5, 0.6) is 11.5 Å². The summed E-state index contributed by atoms with van der Waals surface area (Å²) >= 11 is 1.12. The summed E-state index contributed by atoms with van der Waals surface area (Å²) in [4.78, 5) is 29.3. The van der Waals surface area contributed by atoms with Gasteiger partial charge in [0.05, 0.1) is 17.6 Å². The number of benzene rings is 1. The summed E-state index contributed by atoms with van der Waals surface area (Å²) in [6.07, 6.45) is 5.03. The normalized spacial score (nSPS) is 26.9. The van der Waals surface area contributed by atoms with E-state index in [0.717, 1.165) is 66.6 Å². The maximum atomic E-state index is 13.9. The standard InChI is InChI=1S/C31H43NO7S/c1-19(2)40-25(33)17-31(36,11-6-9-29(4,5)35)28(34)39-27-20(3)16-30-10-7-12-32(30)13-8-21-14-23-24(38-18-37-23)15-22(21)26(27)30/h14-16,19,26-27,35-36H,6-13,17-18H2,1-5H3/t26?,27-,30?,31?/m0/s1.